The lowest BCUT2D eigenvalue weighted by Gasteiger charge is -2.14. The van der Waals surface area contributed by atoms with Crippen molar-refractivity contribution in [1.82, 2.24) is 0 Å². The maximum Gasteiger partial charge on any atom is 0.124 e. The van der Waals surface area contributed by atoms with Gasteiger partial charge in [-0.25, -0.2) is 0 Å². The Kier molecular flexibility index (Phi) is 5.62. The number of ether oxygens (including phenoxy) is 2. The molecule has 0 aliphatic heterocycles. The molecule has 2 aromatic rings. The minimum Gasteiger partial charge on any atom is -0.497 e. The number of hydrogen-bond acceptors (Lipinski definition) is 3. The zero-order valence-corrected chi connectivity index (χ0v) is 14.6. The van der Waals surface area contributed by atoms with Gasteiger partial charge in [0.25, 0.3) is 0 Å². The van der Waals surface area contributed by atoms with Crippen molar-refractivity contribution in [3.8, 4) is 11.5 Å². The minimum absolute atomic E-state index is 0.515. The standard InChI is InChI=1S/C15H14BrCl2NO2/c1-20-11-3-4-14(21-2)9(5-11)8-19-15-12(17)6-10(16)7-13(15)18/h3-7,19H,8H2,1-2H3. The van der Waals surface area contributed by atoms with Crippen LogP contribution in [0, 0.1) is 0 Å². The molecule has 0 aliphatic carbocycles. The molecule has 0 aliphatic rings. The molecule has 0 radical (unpaired) electrons. The summed E-state index contributed by atoms with van der Waals surface area (Å²) in [6, 6.07) is 9.20. The van der Waals surface area contributed by atoms with Crippen LogP contribution in [0.25, 0.3) is 0 Å². The maximum absolute atomic E-state index is 6.20. The predicted octanol–water partition coefficient (Wildman–Crippen LogP) is 5.39. The molecule has 0 bridgehead atoms. The van der Waals surface area contributed by atoms with Gasteiger partial charge in [-0.3, -0.25) is 0 Å². The molecule has 6 heteroatoms. The fraction of sp³-hybridized carbons (Fsp3) is 0.200. The summed E-state index contributed by atoms with van der Waals surface area (Å²) in [6.45, 7) is 0.515. The Morgan fingerprint density at radius 1 is 1.05 bits per heavy atom. The van der Waals surface area contributed by atoms with Crippen molar-refractivity contribution < 1.29 is 9.47 Å². The number of nitrogens with one attached hydrogen (secondary N) is 1. The normalized spacial score (nSPS) is 10.3. The molecule has 0 spiro atoms. The summed E-state index contributed by atoms with van der Waals surface area (Å²) in [7, 11) is 3.26. The van der Waals surface area contributed by atoms with E-state index in [2.05, 4.69) is 21.2 Å². The van der Waals surface area contributed by atoms with Crippen LogP contribution in [0.2, 0.25) is 10.0 Å². The summed E-state index contributed by atoms with van der Waals surface area (Å²) in [5.74, 6) is 1.54. The summed E-state index contributed by atoms with van der Waals surface area (Å²) < 4.78 is 11.4. The lowest BCUT2D eigenvalue weighted by Crippen LogP contribution is -2.03. The molecule has 0 saturated carbocycles. The van der Waals surface area contributed by atoms with Gasteiger partial charge >= 0.3 is 0 Å². The molecule has 1 N–H and O–H groups in total. The Labute approximate surface area is 142 Å². The van der Waals surface area contributed by atoms with Crippen LogP contribution in [0.4, 0.5) is 5.69 Å². The van der Waals surface area contributed by atoms with Gasteiger partial charge < -0.3 is 14.8 Å². The predicted molar refractivity (Wildman–Crippen MR) is 91.0 cm³/mol. The molecule has 3 nitrogen and oxygen atoms in total. The van der Waals surface area contributed by atoms with Crippen molar-refractivity contribution in [2.24, 2.45) is 0 Å². The highest BCUT2D eigenvalue weighted by atomic mass is 79.9. The van der Waals surface area contributed by atoms with Crippen molar-refractivity contribution in [1.29, 1.82) is 0 Å². The fourth-order valence-corrected chi connectivity index (χ4v) is 3.26. The van der Waals surface area contributed by atoms with E-state index < -0.39 is 0 Å². The highest BCUT2D eigenvalue weighted by Gasteiger charge is 2.10. The van der Waals surface area contributed by atoms with Crippen LogP contribution in [0.15, 0.2) is 34.8 Å². The van der Waals surface area contributed by atoms with Crippen LogP contribution in [0.3, 0.4) is 0 Å². The van der Waals surface area contributed by atoms with Gasteiger partial charge in [-0.05, 0) is 30.3 Å². The molecule has 0 heterocycles. The van der Waals surface area contributed by atoms with Crippen molar-refractivity contribution in [3.05, 3.63) is 50.4 Å². The monoisotopic (exact) mass is 389 g/mol. The van der Waals surface area contributed by atoms with Gasteiger partial charge in [-0.15, -0.1) is 0 Å². The first-order valence-electron chi connectivity index (χ1n) is 6.14. The Morgan fingerprint density at radius 3 is 2.29 bits per heavy atom. The Bertz CT molecular complexity index is 627. The van der Waals surface area contributed by atoms with E-state index in [0.717, 1.165) is 21.5 Å². The molecular weight excluding hydrogens is 377 g/mol. The summed E-state index contributed by atoms with van der Waals surface area (Å²) in [4.78, 5) is 0. The fourth-order valence-electron chi connectivity index (χ4n) is 1.91. The first-order valence-corrected chi connectivity index (χ1v) is 7.69. The Hall–Kier alpha value is -1.10. The molecule has 0 fully saturated rings. The molecule has 0 saturated heterocycles. The smallest absolute Gasteiger partial charge is 0.124 e. The van der Waals surface area contributed by atoms with Crippen LogP contribution in [0.5, 0.6) is 11.5 Å². The van der Waals surface area contributed by atoms with Gasteiger partial charge in [-0.1, -0.05) is 39.1 Å². The first-order chi connectivity index (χ1) is 10.0. The lowest BCUT2D eigenvalue weighted by atomic mass is 10.2. The van der Waals surface area contributed by atoms with E-state index >= 15 is 0 Å². The number of benzene rings is 2. The molecule has 2 rings (SSSR count). The van der Waals surface area contributed by atoms with E-state index in [4.69, 9.17) is 32.7 Å². The molecule has 0 amide bonds. The number of rotatable bonds is 5. The summed E-state index contributed by atoms with van der Waals surface area (Å²) >= 11 is 15.8. The maximum atomic E-state index is 6.20. The van der Waals surface area contributed by atoms with Crippen LogP contribution in [-0.4, -0.2) is 14.2 Å². The number of hydrogen-bond donors (Lipinski definition) is 1. The third-order valence-corrected chi connectivity index (χ3v) is 4.00. The van der Waals surface area contributed by atoms with Gasteiger partial charge in [0, 0.05) is 16.6 Å². The molecule has 0 aromatic heterocycles. The van der Waals surface area contributed by atoms with Gasteiger partial charge in [-0.2, -0.15) is 0 Å². The Morgan fingerprint density at radius 2 is 1.71 bits per heavy atom. The molecule has 0 unspecified atom stereocenters. The van der Waals surface area contributed by atoms with Crippen LogP contribution >= 0.6 is 39.1 Å². The van der Waals surface area contributed by atoms with E-state index in [9.17, 15) is 0 Å². The van der Waals surface area contributed by atoms with Crippen molar-refractivity contribution in [2.75, 3.05) is 19.5 Å². The first kappa shape index (κ1) is 16.3. The van der Waals surface area contributed by atoms with Crippen LogP contribution in [-0.2, 0) is 6.54 Å². The van der Waals surface area contributed by atoms with Crippen LogP contribution < -0.4 is 14.8 Å². The third-order valence-electron chi connectivity index (χ3n) is 2.95. The second-order valence-electron chi connectivity index (χ2n) is 4.28. The number of halogens is 3. The lowest BCUT2D eigenvalue weighted by molar-refractivity contribution is 0.399. The van der Waals surface area contributed by atoms with Crippen molar-refractivity contribution in [3.63, 3.8) is 0 Å². The molecule has 21 heavy (non-hydrogen) atoms. The van der Waals surface area contributed by atoms with Gasteiger partial charge in [0.1, 0.15) is 11.5 Å². The number of methoxy groups -OCH3 is 2. The molecule has 0 atom stereocenters. The van der Waals surface area contributed by atoms with E-state index in [1.807, 2.05) is 18.2 Å². The van der Waals surface area contributed by atoms with Crippen molar-refractivity contribution >= 4 is 44.8 Å². The minimum atomic E-state index is 0.515. The molecule has 112 valence electrons. The van der Waals surface area contributed by atoms with E-state index in [0.29, 0.717) is 22.3 Å². The second kappa shape index (κ2) is 7.25. The Balaban J connectivity index is 2.24. The summed E-state index contributed by atoms with van der Waals surface area (Å²) in [6.07, 6.45) is 0. The second-order valence-corrected chi connectivity index (χ2v) is 6.01. The molecule has 2 aromatic carbocycles. The SMILES string of the molecule is COc1ccc(OC)c(CNc2c(Cl)cc(Br)cc2Cl)c1. The van der Waals surface area contributed by atoms with Gasteiger partial charge in [0.15, 0.2) is 0 Å². The van der Waals surface area contributed by atoms with E-state index in [1.54, 1.807) is 26.4 Å². The highest BCUT2D eigenvalue weighted by Crippen LogP contribution is 2.35. The summed E-state index contributed by atoms with van der Waals surface area (Å²) in [5, 5.41) is 4.33. The van der Waals surface area contributed by atoms with Crippen molar-refractivity contribution in [2.45, 2.75) is 6.54 Å². The summed E-state index contributed by atoms with van der Waals surface area (Å²) in [5.41, 5.74) is 1.64. The van der Waals surface area contributed by atoms with Crippen LogP contribution in [0.1, 0.15) is 5.56 Å². The van der Waals surface area contributed by atoms with Gasteiger partial charge in [0.05, 0.1) is 30.0 Å². The third kappa shape index (κ3) is 3.96. The van der Waals surface area contributed by atoms with Gasteiger partial charge in [0.2, 0.25) is 0 Å². The largest absolute Gasteiger partial charge is 0.497 e. The zero-order valence-electron chi connectivity index (χ0n) is 11.5. The quantitative estimate of drug-likeness (QED) is 0.742. The van der Waals surface area contributed by atoms with E-state index in [-0.39, 0.29) is 0 Å². The van der Waals surface area contributed by atoms with E-state index in [1.165, 1.54) is 0 Å². The zero-order chi connectivity index (χ0) is 15.4. The average Bonchev–Trinajstić information content (AvgIpc) is 2.45. The topological polar surface area (TPSA) is 30.5 Å². The highest BCUT2D eigenvalue weighted by molar-refractivity contribution is 9.10. The molecular formula is C15H14BrCl2NO2. The number of anilines is 1. The average molecular weight is 391 g/mol.